The van der Waals surface area contributed by atoms with E-state index < -0.39 is 37.5 Å². The molecule has 0 saturated carbocycles. The van der Waals surface area contributed by atoms with Crippen molar-refractivity contribution < 1.29 is 26.0 Å². The van der Waals surface area contributed by atoms with Gasteiger partial charge in [0.05, 0.1) is 10.6 Å². The van der Waals surface area contributed by atoms with Crippen LogP contribution in [-0.4, -0.2) is 57.5 Å². The Kier molecular flexibility index (Phi) is 8.90. The van der Waals surface area contributed by atoms with Crippen molar-refractivity contribution in [1.82, 2.24) is 8.61 Å². The van der Waals surface area contributed by atoms with Gasteiger partial charge in [-0.1, -0.05) is 30.5 Å². The van der Waals surface area contributed by atoms with Gasteiger partial charge in [-0.15, -0.1) is 0 Å². The highest BCUT2D eigenvalue weighted by molar-refractivity contribution is 7.89. The third-order valence-electron chi connectivity index (χ3n) is 6.93. The van der Waals surface area contributed by atoms with E-state index >= 15 is 0 Å². The minimum Gasteiger partial charge on any atom is -0.326 e. The zero-order valence-electron chi connectivity index (χ0n) is 20.4. The number of benzene rings is 2. The van der Waals surface area contributed by atoms with E-state index in [-0.39, 0.29) is 34.5 Å². The van der Waals surface area contributed by atoms with Gasteiger partial charge in [-0.05, 0) is 62.1 Å². The second-order valence-corrected chi connectivity index (χ2v) is 13.8. The first-order valence-corrected chi connectivity index (χ1v) is 15.8. The Balaban J connectivity index is 1.32. The Morgan fingerprint density at radius 2 is 1.51 bits per heavy atom. The Morgan fingerprint density at radius 1 is 0.892 bits per heavy atom. The van der Waals surface area contributed by atoms with Crippen LogP contribution in [0, 0.1) is 11.7 Å². The molecule has 0 spiro atoms. The van der Waals surface area contributed by atoms with Crippen molar-refractivity contribution in [1.29, 1.82) is 0 Å². The van der Waals surface area contributed by atoms with Gasteiger partial charge < -0.3 is 5.32 Å². The Hall–Kier alpha value is -2.05. The summed E-state index contributed by atoms with van der Waals surface area (Å²) in [6.45, 7) is 1.31. The molecule has 37 heavy (non-hydrogen) atoms. The van der Waals surface area contributed by atoms with E-state index in [2.05, 4.69) is 5.32 Å². The summed E-state index contributed by atoms with van der Waals surface area (Å²) in [6, 6.07) is 10.2. The number of piperidine rings is 1. The lowest BCUT2D eigenvalue weighted by atomic mass is 9.97. The number of rotatable bonds is 7. The van der Waals surface area contributed by atoms with Gasteiger partial charge in [0.2, 0.25) is 26.0 Å². The maximum atomic E-state index is 14.1. The third-order valence-corrected chi connectivity index (χ3v) is 11.0. The average Bonchev–Trinajstić information content (AvgIpc) is 3.17. The first kappa shape index (κ1) is 28.0. The maximum absolute atomic E-state index is 14.1. The van der Waals surface area contributed by atoms with Gasteiger partial charge in [0.25, 0.3) is 0 Å². The van der Waals surface area contributed by atoms with Gasteiger partial charge >= 0.3 is 0 Å². The first-order chi connectivity index (χ1) is 17.6. The van der Waals surface area contributed by atoms with Gasteiger partial charge in [-0.25, -0.2) is 25.5 Å². The predicted molar refractivity (Wildman–Crippen MR) is 141 cm³/mol. The molecule has 2 aromatic rings. The SMILES string of the molecule is O=C(Nc1ccc(S(=O)(=O)N2CCCCCC2)cc1)C1CCN(S(=O)(=O)Cc2c(F)cccc2Cl)CC1. The summed E-state index contributed by atoms with van der Waals surface area (Å²) in [5.74, 6) is -1.86. The molecule has 4 rings (SSSR count). The summed E-state index contributed by atoms with van der Waals surface area (Å²) < 4.78 is 68.4. The van der Waals surface area contributed by atoms with E-state index in [1.807, 2.05) is 0 Å². The van der Waals surface area contributed by atoms with E-state index in [1.165, 1.54) is 38.9 Å². The summed E-state index contributed by atoms with van der Waals surface area (Å²) in [7, 11) is -7.38. The summed E-state index contributed by atoms with van der Waals surface area (Å²) in [5.41, 5.74) is 0.411. The summed E-state index contributed by atoms with van der Waals surface area (Å²) >= 11 is 5.99. The van der Waals surface area contributed by atoms with Crippen molar-refractivity contribution >= 4 is 43.2 Å². The van der Waals surface area contributed by atoms with Crippen LogP contribution in [0.2, 0.25) is 5.02 Å². The average molecular weight is 572 g/mol. The van der Waals surface area contributed by atoms with Crippen LogP contribution in [0.3, 0.4) is 0 Å². The van der Waals surface area contributed by atoms with E-state index in [1.54, 1.807) is 12.1 Å². The van der Waals surface area contributed by atoms with Crippen LogP contribution in [0.25, 0.3) is 0 Å². The monoisotopic (exact) mass is 571 g/mol. The number of carbonyl (C=O) groups excluding carboxylic acids is 1. The molecular formula is C25H31ClFN3O5S2. The highest BCUT2D eigenvalue weighted by atomic mass is 35.5. The minimum absolute atomic E-state index is 0.0584. The van der Waals surface area contributed by atoms with Crippen molar-refractivity contribution in [3.63, 3.8) is 0 Å². The molecule has 1 amide bonds. The van der Waals surface area contributed by atoms with Gasteiger partial charge in [0.1, 0.15) is 5.82 Å². The number of sulfonamides is 2. The predicted octanol–water partition coefficient (Wildman–Crippen LogP) is 4.22. The first-order valence-electron chi connectivity index (χ1n) is 12.4. The molecule has 2 heterocycles. The van der Waals surface area contributed by atoms with E-state index in [0.717, 1.165) is 25.7 Å². The molecule has 12 heteroatoms. The Bertz CT molecular complexity index is 1300. The van der Waals surface area contributed by atoms with Gasteiger partial charge in [-0.3, -0.25) is 4.79 Å². The van der Waals surface area contributed by atoms with Crippen LogP contribution in [-0.2, 0) is 30.6 Å². The normalized spacial score (nSPS) is 18.9. The number of carbonyl (C=O) groups is 1. The number of nitrogens with one attached hydrogen (secondary N) is 1. The minimum atomic E-state index is -3.80. The lowest BCUT2D eigenvalue weighted by Crippen LogP contribution is -2.42. The van der Waals surface area contributed by atoms with Crippen LogP contribution in [0.4, 0.5) is 10.1 Å². The molecule has 1 N–H and O–H groups in total. The molecule has 2 aliphatic rings. The molecule has 0 atom stereocenters. The number of amides is 1. The zero-order chi connectivity index (χ0) is 26.6. The zero-order valence-corrected chi connectivity index (χ0v) is 22.8. The fourth-order valence-corrected chi connectivity index (χ4v) is 8.16. The molecule has 2 aromatic carbocycles. The quantitative estimate of drug-likeness (QED) is 0.536. The van der Waals surface area contributed by atoms with E-state index in [4.69, 9.17) is 11.6 Å². The largest absolute Gasteiger partial charge is 0.326 e. The van der Waals surface area contributed by atoms with Crippen molar-refractivity contribution in [2.75, 3.05) is 31.5 Å². The number of nitrogens with zero attached hydrogens (tertiary/aromatic N) is 2. The van der Waals surface area contributed by atoms with Gasteiger partial charge in [0.15, 0.2) is 0 Å². The highest BCUT2D eigenvalue weighted by Crippen LogP contribution is 2.27. The highest BCUT2D eigenvalue weighted by Gasteiger charge is 2.32. The van der Waals surface area contributed by atoms with Gasteiger partial charge in [0, 0.05) is 48.4 Å². The standard InChI is InChI=1S/C25H31ClFN3O5S2/c26-23-6-5-7-24(27)22(23)18-36(32,33)29-16-12-19(13-17-29)25(31)28-20-8-10-21(11-9-20)37(34,35)30-14-3-1-2-4-15-30/h5-11,19H,1-4,12-18H2,(H,28,31). The summed E-state index contributed by atoms with van der Waals surface area (Å²) in [5, 5.41) is 2.86. The van der Waals surface area contributed by atoms with Crippen LogP contribution < -0.4 is 5.32 Å². The smallest absolute Gasteiger partial charge is 0.243 e. The lowest BCUT2D eigenvalue weighted by Gasteiger charge is -2.30. The van der Waals surface area contributed by atoms with E-state index in [0.29, 0.717) is 31.6 Å². The van der Waals surface area contributed by atoms with E-state index in [9.17, 15) is 26.0 Å². The lowest BCUT2D eigenvalue weighted by molar-refractivity contribution is -0.120. The fraction of sp³-hybridized carbons (Fsp3) is 0.480. The topological polar surface area (TPSA) is 104 Å². The Morgan fingerprint density at radius 3 is 2.11 bits per heavy atom. The maximum Gasteiger partial charge on any atom is 0.243 e. The second kappa shape index (κ2) is 11.8. The number of hydrogen-bond donors (Lipinski definition) is 1. The molecule has 2 saturated heterocycles. The molecule has 0 radical (unpaired) electrons. The summed E-state index contributed by atoms with van der Waals surface area (Å²) in [4.78, 5) is 13.0. The molecule has 0 bridgehead atoms. The molecule has 2 aliphatic heterocycles. The molecule has 202 valence electrons. The number of halogens is 2. The van der Waals surface area contributed by atoms with Crippen molar-refractivity contribution in [3.8, 4) is 0 Å². The van der Waals surface area contributed by atoms with Crippen molar-refractivity contribution in [3.05, 3.63) is 58.9 Å². The number of hydrogen-bond acceptors (Lipinski definition) is 5. The molecule has 0 aliphatic carbocycles. The Labute approximate surface area is 222 Å². The number of anilines is 1. The van der Waals surface area contributed by atoms with Crippen molar-refractivity contribution in [2.24, 2.45) is 5.92 Å². The van der Waals surface area contributed by atoms with Crippen LogP contribution in [0.1, 0.15) is 44.1 Å². The molecule has 8 nitrogen and oxygen atoms in total. The van der Waals surface area contributed by atoms with Crippen LogP contribution in [0.15, 0.2) is 47.4 Å². The van der Waals surface area contributed by atoms with Crippen molar-refractivity contribution in [2.45, 2.75) is 49.2 Å². The fourth-order valence-electron chi connectivity index (χ4n) is 4.73. The van der Waals surface area contributed by atoms with Gasteiger partial charge in [-0.2, -0.15) is 4.31 Å². The van der Waals surface area contributed by atoms with Crippen LogP contribution in [0.5, 0.6) is 0 Å². The van der Waals surface area contributed by atoms with Crippen LogP contribution >= 0.6 is 11.6 Å². The molecule has 2 fully saturated rings. The molecule has 0 unspecified atom stereocenters. The second-order valence-electron chi connectivity index (χ2n) is 9.46. The molecule has 0 aromatic heterocycles. The third kappa shape index (κ3) is 6.69. The summed E-state index contributed by atoms with van der Waals surface area (Å²) in [6.07, 6.45) is 4.40. The molecular weight excluding hydrogens is 541 g/mol.